The molecule has 0 aliphatic carbocycles. The van der Waals surface area contributed by atoms with Crippen molar-refractivity contribution >= 4 is 40.5 Å². The molecule has 26 heavy (non-hydrogen) atoms. The SMILES string of the molecule is CC(C)(C)CC(=O)Nc1ccc(N2CCc3cc(Cl)ccc3C2)cc1Cl. The van der Waals surface area contributed by atoms with Crippen LogP contribution in [0.1, 0.15) is 38.3 Å². The van der Waals surface area contributed by atoms with Gasteiger partial charge in [-0.05, 0) is 53.3 Å². The first-order chi connectivity index (χ1) is 12.2. The van der Waals surface area contributed by atoms with Crippen LogP contribution in [0.5, 0.6) is 0 Å². The van der Waals surface area contributed by atoms with Crippen LogP contribution >= 0.6 is 23.2 Å². The summed E-state index contributed by atoms with van der Waals surface area (Å²) >= 11 is 12.5. The first-order valence-electron chi connectivity index (χ1n) is 8.83. The second-order valence-corrected chi connectivity index (χ2v) is 8.88. The molecule has 1 aliphatic rings. The number of nitrogens with zero attached hydrogens (tertiary/aromatic N) is 1. The van der Waals surface area contributed by atoms with Crippen molar-refractivity contribution in [2.45, 2.75) is 40.2 Å². The van der Waals surface area contributed by atoms with Crippen LogP contribution in [0.25, 0.3) is 0 Å². The Morgan fingerprint density at radius 2 is 1.88 bits per heavy atom. The van der Waals surface area contributed by atoms with Crippen molar-refractivity contribution in [3.8, 4) is 0 Å². The molecule has 0 aromatic heterocycles. The van der Waals surface area contributed by atoms with Gasteiger partial charge in [0, 0.05) is 30.2 Å². The van der Waals surface area contributed by atoms with Gasteiger partial charge in [0.15, 0.2) is 0 Å². The largest absolute Gasteiger partial charge is 0.367 e. The lowest BCUT2D eigenvalue weighted by molar-refractivity contribution is -0.117. The second kappa shape index (κ2) is 7.50. The van der Waals surface area contributed by atoms with Crippen LogP contribution in [0, 0.1) is 5.41 Å². The van der Waals surface area contributed by atoms with Crippen molar-refractivity contribution in [3.63, 3.8) is 0 Å². The number of fused-ring (bicyclic) bond motifs is 1. The summed E-state index contributed by atoms with van der Waals surface area (Å²) in [5.74, 6) is -0.0177. The summed E-state index contributed by atoms with van der Waals surface area (Å²) in [5.41, 5.74) is 4.27. The molecule has 0 atom stereocenters. The van der Waals surface area contributed by atoms with Crippen LogP contribution in [0.4, 0.5) is 11.4 Å². The Hall–Kier alpha value is -1.71. The first kappa shape index (κ1) is 19.1. The van der Waals surface area contributed by atoms with Gasteiger partial charge in [-0.25, -0.2) is 0 Å². The average molecular weight is 391 g/mol. The molecule has 3 nitrogen and oxygen atoms in total. The van der Waals surface area contributed by atoms with E-state index in [1.54, 1.807) is 0 Å². The lowest BCUT2D eigenvalue weighted by atomic mass is 9.92. The van der Waals surface area contributed by atoms with Crippen molar-refractivity contribution in [1.82, 2.24) is 0 Å². The second-order valence-electron chi connectivity index (χ2n) is 8.03. The van der Waals surface area contributed by atoms with Gasteiger partial charge in [-0.15, -0.1) is 0 Å². The molecule has 1 heterocycles. The number of benzene rings is 2. The maximum absolute atomic E-state index is 12.1. The number of carbonyl (C=O) groups is 1. The van der Waals surface area contributed by atoms with E-state index in [1.807, 2.05) is 45.0 Å². The molecule has 0 fully saturated rings. The van der Waals surface area contributed by atoms with E-state index in [0.717, 1.165) is 30.2 Å². The third-order valence-electron chi connectivity index (χ3n) is 4.46. The Kier molecular flexibility index (Phi) is 5.50. The van der Waals surface area contributed by atoms with E-state index in [4.69, 9.17) is 23.2 Å². The molecule has 2 aromatic rings. The van der Waals surface area contributed by atoms with Crippen molar-refractivity contribution < 1.29 is 4.79 Å². The highest BCUT2D eigenvalue weighted by atomic mass is 35.5. The van der Waals surface area contributed by atoms with Crippen molar-refractivity contribution in [2.75, 3.05) is 16.8 Å². The van der Waals surface area contributed by atoms with Gasteiger partial charge in [0.05, 0.1) is 10.7 Å². The van der Waals surface area contributed by atoms with E-state index in [9.17, 15) is 4.79 Å². The van der Waals surface area contributed by atoms with Gasteiger partial charge in [-0.3, -0.25) is 4.79 Å². The van der Waals surface area contributed by atoms with E-state index < -0.39 is 0 Å². The Morgan fingerprint density at radius 1 is 1.12 bits per heavy atom. The molecular formula is C21H24Cl2N2O. The minimum Gasteiger partial charge on any atom is -0.367 e. The van der Waals surface area contributed by atoms with Crippen LogP contribution in [0.15, 0.2) is 36.4 Å². The van der Waals surface area contributed by atoms with Crippen LogP contribution < -0.4 is 10.2 Å². The van der Waals surface area contributed by atoms with Gasteiger partial charge < -0.3 is 10.2 Å². The number of hydrogen-bond acceptors (Lipinski definition) is 2. The van der Waals surface area contributed by atoms with Crippen molar-refractivity contribution in [2.24, 2.45) is 5.41 Å². The molecule has 0 unspecified atom stereocenters. The maximum atomic E-state index is 12.1. The first-order valence-corrected chi connectivity index (χ1v) is 9.58. The van der Waals surface area contributed by atoms with Crippen molar-refractivity contribution in [3.05, 3.63) is 57.6 Å². The normalized spacial score (nSPS) is 14.1. The quantitative estimate of drug-likeness (QED) is 0.703. The minimum atomic E-state index is -0.0550. The zero-order chi connectivity index (χ0) is 18.9. The number of nitrogens with one attached hydrogen (secondary N) is 1. The zero-order valence-electron chi connectivity index (χ0n) is 15.4. The van der Waals surface area contributed by atoms with Crippen LogP contribution in [-0.4, -0.2) is 12.5 Å². The van der Waals surface area contributed by atoms with Gasteiger partial charge in [0.2, 0.25) is 5.91 Å². The molecule has 3 rings (SSSR count). The zero-order valence-corrected chi connectivity index (χ0v) is 16.9. The maximum Gasteiger partial charge on any atom is 0.224 e. The molecule has 0 spiro atoms. The molecule has 138 valence electrons. The summed E-state index contributed by atoms with van der Waals surface area (Å²) in [6.45, 7) is 7.87. The van der Waals surface area contributed by atoms with Gasteiger partial charge in [0.25, 0.3) is 0 Å². The fourth-order valence-corrected chi connectivity index (χ4v) is 3.64. The summed E-state index contributed by atoms with van der Waals surface area (Å²) in [5, 5.41) is 4.26. The topological polar surface area (TPSA) is 32.3 Å². The van der Waals surface area contributed by atoms with Crippen LogP contribution in [0.2, 0.25) is 10.0 Å². The third-order valence-corrected chi connectivity index (χ3v) is 5.01. The molecule has 0 saturated carbocycles. The van der Waals surface area contributed by atoms with E-state index in [1.165, 1.54) is 11.1 Å². The molecule has 1 aliphatic heterocycles. The summed E-state index contributed by atoms with van der Waals surface area (Å²) in [6, 6.07) is 11.9. The van der Waals surface area contributed by atoms with E-state index in [0.29, 0.717) is 17.1 Å². The predicted octanol–water partition coefficient (Wildman–Crippen LogP) is 5.93. The summed E-state index contributed by atoms with van der Waals surface area (Å²) in [7, 11) is 0. The van der Waals surface area contributed by atoms with Crippen molar-refractivity contribution in [1.29, 1.82) is 0 Å². The van der Waals surface area contributed by atoms with Gasteiger partial charge in [0.1, 0.15) is 0 Å². The highest BCUT2D eigenvalue weighted by molar-refractivity contribution is 6.34. The molecule has 1 amide bonds. The molecular weight excluding hydrogens is 367 g/mol. The molecule has 2 aromatic carbocycles. The fraction of sp³-hybridized carbons (Fsp3) is 0.381. The van der Waals surface area contributed by atoms with Gasteiger partial charge in [-0.2, -0.15) is 0 Å². The van der Waals surface area contributed by atoms with E-state index >= 15 is 0 Å². The molecule has 0 radical (unpaired) electrons. The average Bonchev–Trinajstić information content (AvgIpc) is 2.54. The summed E-state index contributed by atoms with van der Waals surface area (Å²) in [6.07, 6.45) is 1.41. The molecule has 0 saturated heterocycles. The Balaban J connectivity index is 1.72. The lowest BCUT2D eigenvalue weighted by Crippen LogP contribution is -2.30. The van der Waals surface area contributed by atoms with Crippen LogP contribution in [0.3, 0.4) is 0 Å². The van der Waals surface area contributed by atoms with Gasteiger partial charge in [-0.1, -0.05) is 50.0 Å². The number of amides is 1. The third kappa shape index (κ3) is 4.72. The summed E-state index contributed by atoms with van der Waals surface area (Å²) < 4.78 is 0. The Labute approximate surface area is 165 Å². The predicted molar refractivity (Wildman–Crippen MR) is 110 cm³/mol. The standard InChI is InChI=1S/C21H24Cl2N2O/c1-21(2,3)12-20(26)24-19-7-6-17(11-18(19)23)25-9-8-14-10-16(22)5-4-15(14)13-25/h4-7,10-11H,8-9,12-13H2,1-3H3,(H,24,26). The monoisotopic (exact) mass is 390 g/mol. The number of anilines is 2. The molecule has 5 heteroatoms. The summed E-state index contributed by atoms with van der Waals surface area (Å²) in [4.78, 5) is 14.4. The molecule has 1 N–H and O–H groups in total. The van der Waals surface area contributed by atoms with E-state index in [2.05, 4.69) is 22.3 Å². The Bertz CT molecular complexity index is 827. The van der Waals surface area contributed by atoms with E-state index in [-0.39, 0.29) is 11.3 Å². The smallest absolute Gasteiger partial charge is 0.224 e. The fourth-order valence-electron chi connectivity index (χ4n) is 3.22. The van der Waals surface area contributed by atoms with Crippen LogP contribution in [-0.2, 0) is 17.8 Å². The number of hydrogen-bond donors (Lipinski definition) is 1. The number of rotatable bonds is 3. The highest BCUT2D eigenvalue weighted by Gasteiger charge is 2.19. The number of carbonyl (C=O) groups excluding carboxylic acids is 1. The molecule has 0 bridgehead atoms. The lowest BCUT2D eigenvalue weighted by Gasteiger charge is -2.31. The highest BCUT2D eigenvalue weighted by Crippen LogP contribution is 2.32. The minimum absolute atomic E-state index is 0.0177. The van der Waals surface area contributed by atoms with Gasteiger partial charge >= 0.3 is 0 Å². The number of halogens is 2. The Morgan fingerprint density at radius 3 is 2.58 bits per heavy atom.